The zero-order chi connectivity index (χ0) is 13.3. The smallest absolute Gasteiger partial charge is 0.352 e. The van der Waals surface area contributed by atoms with Crippen molar-refractivity contribution >= 4 is 17.6 Å². The predicted molar refractivity (Wildman–Crippen MR) is 65.0 cm³/mol. The van der Waals surface area contributed by atoms with Crippen LogP contribution in [0.1, 0.15) is 16.3 Å². The molecule has 0 bridgehead atoms. The number of nitrogens with zero attached hydrogens (tertiary/aromatic N) is 3. The zero-order valence-electron chi connectivity index (χ0n) is 9.50. The molecule has 0 aliphatic rings. The van der Waals surface area contributed by atoms with E-state index in [2.05, 4.69) is 4.98 Å². The van der Waals surface area contributed by atoms with Gasteiger partial charge in [-0.05, 0) is 6.07 Å². The van der Waals surface area contributed by atoms with Crippen molar-refractivity contribution in [3.05, 3.63) is 51.4 Å². The average molecular weight is 268 g/mol. The summed E-state index contributed by atoms with van der Waals surface area (Å²) in [6, 6.07) is 4.08. The Bertz CT molecular complexity index is 660. The number of carboxylic acids is 1. The molecule has 0 atom stereocenters. The van der Waals surface area contributed by atoms with Gasteiger partial charge in [0.15, 0.2) is 0 Å². The molecule has 0 fully saturated rings. The van der Waals surface area contributed by atoms with Gasteiger partial charge in [-0.25, -0.2) is 9.78 Å². The van der Waals surface area contributed by atoms with E-state index in [1.807, 2.05) is 0 Å². The normalized spacial score (nSPS) is 10.6. The molecule has 0 saturated heterocycles. The molecule has 2 heterocycles. The van der Waals surface area contributed by atoms with Crippen LogP contribution in [0.25, 0.3) is 0 Å². The fourth-order valence-corrected chi connectivity index (χ4v) is 1.73. The van der Waals surface area contributed by atoms with Gasteiger partial charge in [-0.15, -0.1) is 0 Å². The molecule has 0 aromatic carbocycles. The summed E-state index contributed by atoms with van der Waals surface area (Å²) in [7, 11) is 1.69. The highest BCUT2D eigenvalue weighted by Crippen LogP contribution is 2.10. The first-order valence-electron chi connectivity index (χ1n) is 5.10. The van der Waals surface area contributed by atoms with Crippen molar-refractivity contribution in [1.29, 1.82) is 0 Å². The molecule has 0 unspecified atom stereocenters. The van der Waals surface area contributed by atoms with Crippen LogP contribution in [-0.4, -0.2) is 25.2 Å². The largest absolute Gasteiger partial charge is 0.477 e. The summed E-state index contributed by atoms with van der Waals surface area (Å²) in [6.45, 7) is 0.0600. The summed E-state index contributed by atoms with van der Waals surface area (Å²) in [4.78, 5) is 26.8. The van der Waals surface area contributed by atoms with Crippen LogP contribution in [0.15, 0.2) is 29.2 Å². The van der Waals surface area contributed by atoms with Crippen LogP contribution in [0.4, 0.5) is 0 Å². The maximum atomic E-state index is 11.7. The van der Waals surface area contributed by atoms with E-state index >= 15 is 0 Å². The van der Waals surface area contributed by atoms with Crippen LogP contribution >= 0.6 is 11.6 Å². The van der Waals surface area contributed by atoms with Crippen molar-refractivity contribution in [1.82, 2.24) is 14.1 Å². The Labute approximate surface area is 107 Å². The van der Waals surface area contributed by atoms with Gasteiger partial charge in [-0.1, -0.05) is 17.7 Å². The number of aromatic carboxylic acids is 1. The molecule has 0 aliphatic carbocycles. The quantitative estimate of drug-likeness (QED) is 0.899. The molecule has 2 rings (SSSR count). The molecule has 0 radical (unpaired) electrons. The highest BCUT2D eigenvalue weighted by Gasteiger charge is 2.13. The number of pyridine rings is 1. The molecule has 7 heteroatoms. The molecule has 1 N–H and O–H groups in total. The number of halogens is 1. The van der Waals surface area contributed by atoms with Crippen molar-refractivity contribution in [3.8, 4) is 0 Å². The minimum absolute atomic E-state index is 0.0600. The predicted octanol–water partition coefficient (Wildman–Crippen LogP) is 0.982. The number of imidazole rings is 1. The molecule has 0 saturated carbocycles. The van der Waals surface area contributed by atoms with Gasteiger partial charge in [0.2, 0.25) is 0 Å². The summed E-state index contributed by atoms with van der Waals surface area (Å²) in [5.41, 5.74) is -0.476. The van der Waals surface area contributed by atoms with E-state index in [0.29, 0.717) is 11.0 Å². The fraction of sp³-hybridized carbons (Fsp3) is 0.182. The third kappa shape index (κ3) is 2.14. The minimum Gasteiger partial charge on any atom is -0.477 e. The van der Waals surface area contributed by atoms with Gasteiger partial charge in [0.1, 0.15) is 16.7 Å². The fourth-order valence-electron chi connectivity index (χ4n) is 1.58. The van der Waals surface area contributed by atoms with Crippen molar-refractivity contribution in [2.45, 2.75) is 6.54 Å². The molecular formula is C11H10ClN3O3. The third-order valence-electron chi connectivity index (χ3n) is 2.60. The minimum atomic E-state index is -1.16. The molecule has 0 aliphatic heterocycles. The second-order valence-electron chi connectivity index (χ2n) is 3.70. The Kier molecular flexibility index (Phi) is 3.20. The lowest BCUT2D eigenvalue weighted by atomic mass is 10.3. The van der Waals surface area contributed by atoms with Crippen LogP contribution in [-0.2, 0) is 13.6 Å². The molecular weight excluding hydrogens is 258 g/mol. The first-order valence-corrected chi connectivity index (χ1v) is 5.47. The van der Waals surface area contributed by atoms with Gasteiger partial charge < -0.3 is 9.67 Å². The third-order valence-corrected chi connectivity index (χ3v) is 2.95. The molecule has 94 valence electrons. The van der Waals surface area contributed by atoms with Gasteiger partial charge in [0.05, 0.1) is 12.7 Å². The highest BCUT2D eigenvalue weighted by molar-refractivity contribution is 6.29. The topological polar surface area (TPSA) is 77.1 Å². The summed E-state index contributed by atoms with van der Waals surface area (Å²) < 4.78 is 2.73. The van der Waals surface area contributed by atoms with Gasteiger partial charge in [0.25, 0.3) is 5.56 Å². The molecule has 0 spiro atoms. The molecule has 6 nitrogen and oxygen atoms in total. The number of hydrogen-bond donors (Lipinski definition) is 1. The van der Waals surface area contributed by atoms with Crippen LogP contribution in [0, 0.1) is 0 Å². The van der Waals surface area contributed by atoms with Gasteiger partial charge in [-0.3, -0.25) is 9.36 Å². The van der Waals surface area contributed by atoms with Crippen molar-refractivity contribution in [2.75, 3.05) is 0 Å². The second-order valence-corrected chi connectivity index (χ2v) is 4.08. The van der Waals surface area contributed by atoms with Crippen LogP contribution < -0.4 is 5.56 Å². The van der Waals surface area contributed by atoms with Crippen molar-refractivity contribution in [3.63, 3.8) is 0 Å². The Balaban J connectivity index is 2.49. The van der Waals surface area contributed by atoms with Crippen molar-refractivity contribution in [2.24, 2.45) is 7.05 Å². The lowest BCUT2D eigenvalue weighted by Gasteiger charge is -2.09. The number of rotatable bonds is 3. The Morgan fingerprint density at radius 2 is 2.22 bits per heavy atom. The molecule has 2 aromatic rings. The van der Waals surface area contributed by atoms with E-state index in [9.17, 15) is 9.59 Å². The summed E-state index contributed by atoms with van der Waals surface area (Å²) in [5, 5.41) is 9.45. The lowest BCUT2D eigenvalue weighted by Crippen LogP contribution is -2.26. The monoisotopic (exact) mass is 267 g/mol. The van der Waals surface area contributed by atoms with E-state index in [4.69, 9.17) is 16.7 Å². The summed E-state index contributed by atoms with van der Waals surface area (Å²) >= 11 is 5.83. The molecule has 18 heavy (non-hydrogen) atoms. The number of carboxylic acid groups (broad SMARTS) is 1. The zero-order valence-corrected chi connectivity index (χ0v) is 10.3. The van der Waals surface area contributed by atoms with E-state index in [0.717, 1.165) is 4.57 Å². The molecule has 2 aromatic heterocycles. The maximum absolute atomic E-state index is 11.7. The van der Waals surface area contributed by atoms with Gasteiger partial charge >= 0.3 is 5.97 Å². The summed E-state index contributed by atoms with van der Waals surface area (Å²) in [5.74, 6) is -0.649. The number of carbonyl (C=O) groups is 1. The Morgan fingerprint density at radius 1 is 1.50 bits per heavy atom. The van der Waals surface area contributed by atoms with E-state index < -0.39 is 11.5 Å². The van der Waals surface area contributed by atoms with Crippen molar-refractivity contribution < 1.29 is 9.90 Å². The highest BCUT2D eigenvalue weighted by atomic mass is 35.5. The average Bonchev–Trinajstić information content (AvgIpc) is 2.63. The van der Waals surface area contributed by atoms with Gasteiger partial charge in [-0.2, -0.15) is 0 Å². The first-order chi connectivity index (χ1) is 8.50. The number of aromatic nitrogens is 3. The standard InChI is InChI=1S/C11H10ClN3O3/c1-14-8(12)5-13-9(14)6-15-7(11(17)18)3-2-4-10(15)16/h2-5H,6H2,1H3,(H,17,18). The lowest BCUT2D eigenvalue weighted by molar-refractivity contribution is 0.0684. The van der Waals surface area contributed by atoms with E-state index in [1.54, 1.807) is 11.6 Å². The second kappa shape index (κ2) is 4.66. The van der Waals surface area contributed by atoms with E-state index in [1.165, 1.54) is 24.4 Å². The Morgan fingerprint density at radius 3 is 2.78 bits per heavy atom. The Hall–Kier alpha value is -2.08. The number of hydrogen-bond acceptors (Lipinski definition) is 3. The van der Waals surface area contributed by atoms with Crippen LogP contribution in [0.2, 0.25) is 5.15 Å². The SMILES string of the molecule is Cn1c(Cl)cnc1Cn1c(C(=O)O)cccc1=O. The summed E-state index contributed by atoms with van der Waals surface area (Å²) in [6.07, 6.45) is 1.45. The van der Waals surface area contributed by atoms with Gasteiger partial charge in [0, 0.05) is 13.1 Å². The van der Waals surface area contributed by atoms with Crippen LogP contribution in [0.3, 0.4) is 0 Å². The molecule has 0 amide bonds. The maximum Gasteiger partial charge on any atom is 0.352 e. The van der Waals surface area contributed by atoms with Crippen LogP contribution in [0.5, 0.6) is 0 Å². The first kappa shape index (κ1) is 12.4. The van der Waals surface area contributed by atoms with E-state index in [-0.39, 0.29) is 12.2 Å².